The summed E-state index contributed by atoms with van der Waals surface area (Å²) in [5.74, 6) is 0.648. The first-order chi connectivity index (χ1) is 19.0. The number of nitrogens with zero attached hydrogens (tertiary/aromatic N) is 6. The third-order valence-corrected chi connectivity index (χ3v) is 9.80. The fourth-order valence-electron chi connectivity index (χ4n) is 7.39. The molecule has 1 saturated carbocycles. The molecule has 0 atom stereocenters. The molecule has 0 bridgehead atoms. The number of aromatic nitrogens is 2. The minimum Gasteiger partial charge on any atom is -0.370 e. The Morgan fingerprint density at radius 2 is 1.59 bits per heavy atom. The number of hydrogen-bond acceptors (Lipinski definition) is 5. The van der Waals surface area contributed by atoms with Gasteiger partial charge in [0.15, 0.2) is 0 Å². The molecule has 5 heterocycles. The lowest BCUT2D eigenvalue weighted by Gasteiger charge is -2.62. The summed E-state index contributed by atoms with van der Waals surface area (Å²) in [7, 11) is 0. The number of fused-ring (bicyclic) bond motifs is 1. The lowest BCUT2D eigenvalue weighted by atomic mass is 9.72. The monoisotopic (exact) mass is 526 g/mol. The molecule has 7 heteroatoms. The van der Waals surface area contributed by atoms with Gasteiger partial charge in [0.2, 0.25) is 5.91 Å². The Morgan fingerprint density at radius 3 is 2.28 bits per heavy atom. The lowest BCUT2D eigenvalue weighted by Crippen LogP contribution is -2.73. The maximum atomic E-state index is 13.0. The van der Waals surface area contributed by atoms with E-state index in [-0.39, 0.29) is 5.92 Å². The van der Waals surface area contributed by atoms with Crippen molar-refractivity contribution in [1.29, 1.82) is 0 Å². The molecular formula is C32H42N6O. The van der Waals surface area contributed by atoms with Crippen LogP contribution < -0.4 is 9.80 Å². The predicted molar refractivity (Wildman–Crippen MR) is 157 cm³/mol. The number of hydrogen-bond donors (Lipinski definition) is 0. The summed E-state index contributed by atoms with van der Waals surface area (Å²) in [6.45, 7) is 12.8. The van der Waals surface area contributed by atoms with Crippen LogP contribution in [0.1, 0.15) is 46.0 Å². The first-order valence-electron chi connectivity index (χ1n) is 15.1. The second kappa shape index (κ2) is 9.84. The van der Waals surface area contributed by atoms with Crippen molar-refractivity contribution in [2.45, 2.75) is 52.0 Å². The van der Waals surface area contributed by atoms with Crippen molar-refractivity contribution in [2.24, 2.45) is 11.3 Å². The summed E-state index contributed by atoms with van der Waals surface area (Å²) < 4.78 is 2.01. The van der Waals surface area contributed by atoms with Crippen LogP contribution >= 0.6 is 0 Å². The Balaban J connectivity index is 1.01. The van der Waals surface area contributed by atoms with Crippen LogP contribution in [-0.2, 0) is 4.79 Å². The molecule has 39 heavy (non-hydrogen) atoms. The SMILES string of the molecule is CC(C)N1CC2(CN(c3ccc(-c4cc5c(N6CCN(C(=O)C7CCCCC7)CC6)ccnn5c4)cc3)C2)C1. The van der Waals surface area contributed by atoms with Crippen molar-refractivity contribution < 1.29 is 4.79 Å². The highest BCUT2D eigenvalue weighted by Crippen LogP contribution is 2.43. The highest BCUT2D eigenvalue weighted by Gasteiger charge is 2.52. The van der Waals surface area contributed by atoms with E-state index < -0.39 is 0 Å². The number of anilines is 2. The molecule has 3 aliphatic heterocycles. The Hall–Kier alpha value is -3.06. The predicted octanol–water partition coefficient (Wildman–Crippen LogP) is 4.76. The molecule has 3 saturated heterocycles. The van der Waals surface area contributed by atoms with Crippen molar-refractivity contribution >= 4 is 22.8 Å². The molecular weight excluding hydrogens is 484 g/mol. The van der Waals surface area contributed by atoms with Gasteiger partial charge in [-0.2, -0.15) is 5.10 Å². The van der Waals surface area contributed by atoms with Crippen LogP contribution in [0.3, 0.4) is 0 Å². The molecule has 4 fully saturated rings. The normalized spacial score (nSPS) is 22.0. The minimum atomic E-state index is 0.258. The van der Waals surface area contributed by atoms with E-state index in [4.69, 9.17) is 0 Å². The molecule has 206 valence electrons. The van der Waals surface area contributed by atoms with E-state index in [2.05, 4.69) is 81.1 Å². The van der Waals surface area contributed by atoms with Crippen LogP contribution in [0.4, 0.5) is 11.4 Å². The third-order valence-electron chi connectivity index (χ3n) is 9.80. The maximum Gasteiger partial charge on any atom is 0.225 e. The summed E-state index contributed by atoms with van der Waals surface area (Å²) in [6.07, 6.45) is 9.90. The van der Waals surface area contributed by atoms with Crippen LogP contribution in [0.5, 0.6) is 0 Å². The molecule has 0 unspecified atom stereocenters. The van der Waals surface area contributed by atoms with E-state index in [1.807, 2.05) is 10.7 Å². The van der Waals surface area contributed by atoms with Gasteiger partial charge in [0, 0.05) is 93.4 Å². The van der Waals surface area contributed by atoms with Crippen molar-refractivity contribution in [1.82, 2.24) is 19.4 Å². The molecule has 1 aliphatic carbocycles. The average Bonchev–Trinajstić information content (AvgIpc) is 3.37. The zero-order chi connectivity index (χ0) is 26.6. The zero-order valence-corrected chi connectivity index (χ0v) is 23.6. The van der Waals surface area contributed by atoms with E-state index in [1.54, 1.807) is 0 Å². The Morgan fingerprint density at radius 1 is 0.872 bits per heavy atom. The third kappa shape index (κ3) is 4.58. The average molecular weight is 527 g/mol. The van der Waals surface area contributed by atoms with Gasteiger partial charge in [-0.25, -0.2) is 4.52 Å². The second-order valence-electron chi connectivity index (χ2n) is 12.8. The fourth-order valence-corrected chi connectivity index (χ4v) is 7.39. The Bertz CT molecular complexity index is 1320. The number of rotatable bonds is 5. The van der Waals surface area contributed by atoms with Gasteiger partial charge >= 0.3 is 0 Å². The summed E-state index contributed by atoms with van der Waals surface area (Å²) in [6, 6.07) is 14.1. The second-order valence-corrected chi connectivity index (χ2v) is 12.8. The number of carbonyl (C=O) groups is 1. The van der Waals surface area contributed by atoms with Crippen LogP contribution in [0.25, 0.3) is 16.6 Å². The summed E-state index contributed by atoms with van der Waals surface area (Å²) in [5.41, 5.74) is 6.62. The summed E-state index contributed by atoms with van der Waals surface area (Å²) >= 11 is 0. The van der Waals surface area contributed by atoms with Gasteiger partial charge < -0.3 is 14.7 Å². The van der Waals surface area contributed by atoms with E-state index in [9.17, 15) is 4.79 Å². The highest BCUT2D eigenvalue weighted by atomic mass is 16.2. The van der Waals surface area contributed by atoms with E-state index in [0.717, 1.165) is 44.5 Å². The molecule has 4 aliphatic rings. The van der Waals surface area contributed by atoms with Gasteiger partial charge in [0.1, 0.15) is 0 Å². The minimum absolute atomic E-state index is 0.258. The number of amides is 1. The molecule has 7 nitrogen and oxygen atoms in total. The van der Waals surface area contributed by atoms with Crippen molar-refractivity contribution in [3.05, 3.63) is 48.8 Å². The zero-order valence-electron chi connectivity index (χ0n) is 23.6. The summed E-state index contributed by atoms with van der Waals surface area (Å²) in [4.78, 5) is 22.7. The Kier molecular flexibility index (Phi) is 6.30. The van der Waals surface area contributed by atoms with Gasteiger partial charge in [0.05, 0.1) is 11.2 Å². The lowest BCUT2D eigenvalue weighted by molar-refractivity contribution is -0.136. The molecule has 2 aromatic heterocycles. The highest BCUT2D eigenvalue weighted by molar-refractivity contribution is 5.82. The van der Waals surface area contributed by atoms with Crippen molar-refractivity contribution in [2.75, 3.05) is 62.2 Å². The van der Waals surface area contributed by atoms with Gasteiger partial charge in [-0.1, -0.05) is 31.4 Å². The first kappa shape index (κ1) is 24.9. The molecule has 0 radical (unpaired) electrons. The van der Waals surface area contributed by atoms with Gasteiger partial charge in [0.25, 0.3) is 0 Å². The molecule has 0 N–H and O–H groups in total. The number of benzene rings is 1. The molecule has 1 spiro atoms. The summed E-state index contributed by atoms with van der Waals surface area (Å²) in [5, 5.41) is 4.62. The van der Waals surface area contributed by atoms with Crippen molar-refractivity contribution in [3.63, 3.8) is 0 Å². The molecule has 3 aromatic rings. The molecule has 1 amide bonds. The quantitative estimate of drug-likeness (QED) is 0.480. The van der Waals surface area contributed by atoms with E-state index in [1.165, 1.54) is 67.9 Å². The van der Waals surface area contributed by atoms with Crippen LogP contribution in [-0.4, -0.2) is 83.7 Å². The maximum absolute atomic E-state index is 13.0. The van der Waals surface area contributed by atoms with Gasteiger partial charge in [-0.15, -0.1) is 0 Å². The van der Waals surface area contributed by atoms with Crippen LogP contribution in [0.15, 0.2) is 48.8 Å². The van der Waals surface area contributed by atoms with Gasteiger partial charge in [-0.3, -0.25) is 9.69 Å². The topological polar surface area (TPSA) is 47.3 Å². The number of carbonyl (C=O) groups excluding carboxylic acids is 1. The fraction of sp³-hybridized carbons (Fsp3) is 0.562. The van der Waals surface area contributed by atoms with Crippen molar-refractivity contribution in [3.8, 4) is 11.1 Å². The van der Waals surface area contributed by atoms with E-state index >= 15 is 0 Å². The standard InChI is InChI=1S/C32H42N6O/c1-24(2)36-20-32(21-36)22-37(23-32)28-10-8-25(9-11-28)27-18-30-29(12-13-33-38(30)19-27)34-14-16-35(17-15-34)31(39)26-6-4-3-5-7-26/h8-13,18-19,24,26H,3-7,14-17,20-23H2,1-2H3. The largest absolute Gasteiger partial charge is 0.370 e. The van der Waals surface area contributed by atoms with Crippen LogP contribution in [0.2, 0.25) is 0 Å². The van der Waals surface area contributed by atoms with E-state index in [0.29, 0.717) is 17.4 Å². The molecule has 7 rings (SSSR count). The van der Waals surface area contributed by atoms with Gasteiger partial charge in [-0.05, 0) is 56.5 Å². The van der Waals surface area contributed by atoms with Crippen LogP contribution in [0, 0.1) is 11.3 Å². The number of likely N-dealkylation sites (tertiary alicyclic amines) is 1. The number of piperazine rings is 1. The molecule has 1 aromatic carbocycles. The smallest absolute Gasteiger partial charge is 0.225 e. The first-order valence-corrected chi connectivity index (χ1v) is 15.1. The Labute approximate surface area is 232 Å².